The number of thiazole rings is 1. The lowest BCUT2D eigenvalue weighted by Gasteiger charge is -2.11. The quantitative estimate of drug-likeness (QED) is 0.573. The number of hydrogen-bond donors (Lipinski definition) is 1. The number of aromatic nitrogens is 4. The zero-order valence-corrected chi connectivity index (χ0v) is 16.3. The maximum absolute atomic E-state index is 12.8. The van der Waals surface area contributed by atoms with E-state index in [0.717, 1.165) is 28.2 Å². The largest absolute Gasteiger partial charge is 0.344 e. The molecule has 6 nitrogen and oxygen atoms in total. The molecule has 0 aliphatic heterocycles. The van der Waals surface area contributed by atoms with E-state index in [4.69, 9.17) is 0 Å². The van der Waals surface area contributed by atoms with E-state index in [0.29, 0.717) is 5.69 Å². The van der Waals surface area contributed by atoms with Crippen molar-refractivity contribution in [3.05, 3.63) is 65.1 Å². The van der Waals surface area contributed by atoms with Crippen molar-refractivity contribution in [3.63, 3.8) is 0 Å². The van der Waals surface area contributed by atoms with Crippen molar-refractivity contribution in [2.45, 2.75) is 26.3 Å². The van der Waals surface area contributed by atoms with Crippen molar-refractivity contribution in [1.82, 2.24) is 24.5 Å². The smallest absolute Gasteiger partial charge is 0.269 e. The molecule has 0 saturated carbocycles. The summed E-state index contributed by atoms with van der Waals surface area (Å²) in [5.74, 6) is -0.122. The Morgan fingerprint density at radius 2 is 2.04 bits per heavy atom. The Morgan fingerprint density at radius 1 is 1.26 bits per heavy atom. The Morgan fingerprint density at radius 3 is 2.70 bits per heavy atom. The minimum Gasteiger partial charge on any atom is -0.344 e. The minimum absolute atomic E-state index is 0.120. The number of aryl methyl sites for hydroxylation is 2. The summed E-state index contributed by atoms with van der Waals surface area (Å²) in [5, 5.41) is 9.04. The first-order chi connectivity index (χ1) is 13.0. The van der Waals surface area contributed by atoms with Crippen LogP contribution in [0.2, 0.25) is 0 Å². The van der Waals surface area contributed by atoms with Gasteiger partial charge in [0, 0.05) is 35.9 Å². The molecule has 3 heterocycles. The third kappa shape index (κ3) is 3.38. The predicted octanol–water partition coefficient (Wildman–Crippen LogP) is 3.85. The number of fused-ring (bicyclic) bond motifs is 1. The maximum Gasteiger partial charge on any atom is 0.269 e. The molecule has 0 fully saturated rings. The normalized spacial score (nSPS) is 12.4. The second-order valence-electron chi connectivity index (χ2n) is 6.59. The van der Waals surface area contributed by atoms with Crippen molar-refractivity contribution in [2.24, 2.45) is 7.05 Å². The SMILES string of the molecule is CCc1ccc(-c2cn3c(C(=O)N[C@H](C)c4cnn(C)c4)csc3n2)cc1. The van der Waals surface area contributed by atoms with Crippen LogP contribution in [0.3, 0.4) is 0 Å². The molecule has 4 rings (SSSR count). The van der Waals surface area contributed by atoms with Crippen molar-refractivity contribution in [2.75, 3.05) is 0 Å². The lowest BCUT2D eigenvalue weighted by Crippen LogP contribution is -2.27. The van der Waals surface area contributed by atoms with E-state index in [1.165, 1.54) is 16.9 Å². The summed E-state index contributed by atoms with van der Waals surface area (Å²) < 4.78 is 3.59. The van der Waals surface area contributed by atoms with Crippen molar-refractivity contribution in [1.29, 1.82) is 0 Å². The van der Waals surface area contributed by atoms with Crippen LogP contribution in [-0.4, -0.2) is 25.1 Å². The number of hydrogen-bond acceptors (Lipinski definition) is 4. The molecule has 0 radical (unpaired) electrons. The molecular formula is C20H21N5OS. The second kappa shape index (κ2) is 7.00. The number of nitrogens with zero attached hydrogens (tertiary/aromatic N) is 4. The Balaban J connectivity index is 1.58. The number of rotatable bonds is 5. The highest BCUT2D eigenvalue weighted by atomic mass is 32.1. The Hall–Kier alpha value is -2.93. The highest BCUT2D eigenvalue weighted by Gasteiger charge is 2.18. The zero-order chi connectivity index (χ0) is 19.0. The van der Waals surface area contributed by atoms with Gasteiger partial charge < -0.3 is 5.32 Å². The fraction of sp³-hybridized carbons (Fsp3) is 0.250. The number of amides is 1. The van der Waals surface area contributed by atoms with E-state index >= 15 is 0 Å². The summed E-state index contributed by atoms with van der Waals surface area (Å²) in [6, 6.07) is 8.27. The molecule has 27 heavy (non-hydrogen) atoms. The first kappa shape index (κ1) is 17.5. The molecule has 0 unspecified atom stereocenters. The van der Waals surface area contributed by atoms with Crippen LogP contribution in [0.4, 0.5) is 0 Å². The predicted molar refractivity (Wildman–Crippen MR) is 107 cm³/mol. The van der Waals surface area contributed by atoms with Gasteiger partial charge in [-0.25, -0.2) is 4.98 Å². The summed E-state index contributed by atoms with van der Waals surface area (Å²) in [6.07, 6.45) is 6.61. The number of benzene rings is 1. The van der Waals surface area contributed by atoms with Crippen LogP contribution in [0.25, 0.3) is 16.2 Å². The van der Waals surface area contributed by atoms with E-state index in [9.17, 15) is 4.79 Å². The summed E-state index contributed by atoms with van der Waals surface area (Å²) in [4.78, 5) is 18.2. The van der Waals surface area contributed by atoms with Gasteiger partial charge in [-0.05, 0) is 18.9 Å². The molecule has 4 aromatic rings. The highest BCUT2D eigenvalue weighted by Crippen LogP contribution is 2.24. The molecule has 1 atom stereocenters. The molecule has 1 aromatic carbocycles. The highest BCUT2D eigenvalue weighted by molar-refractivity contribution is 7.15. The monoisotopic (exact) mass is 379 g/mol. The first-order valence-electron chi connectivity index (χ1n) is 8.90. The topological polar surface area (TPSA) is 64.2 Å². The number of imidazole rings is 1. The number of carbonyl (C=O) groups is 1. The molecular weight excluding hydrogens is 358 g/mol. The van der Waals surface area contributed by atoms with Gasteiger partial charge in [0.25, 0.3) is 5.91 Å². The van der Waals surface area contributed by atoms with Gasteiger partial charge in [0.15, 0.2) is 4.96 Å². The van der Waals surface area contributed by atoms with Crippen LogP contribution < -0.4 is 5.32 Å². The van der Waals surface area contributed by atoms with Crippen LogP contribution in [0.15, 0.2) is 48.2 Å². The molecule has 0 saturated heterocycles. The molecule has 7 heteroatoms. The summed E-state index contributed by atoms with van der Waals surface area (Å²) in [7, 11) is 1.86. The van der Waals surface area contributed by atoms with Gasteiger partial charge in [-0.15, -0.1) is 11.3 Å². The molecule has 0 bridgehead atoms. The van der Waals surface area contributed by atoms with E-state index in [1.807, 2.05) is 36.1 Å². The van der Waals surface area contributed by atoms with Crippen LogP contribution in [0, 0.1) is 0 Å². The zero-order valence-electron chi connectivity index (χ0n) is 15.5. The van der Waals surface area contributed by atoms with Crippen LogP contribution in [0.5, 0.6) is 0 Å². The fourth-order valence-electron chi connectivity index (χ4n) is 3.02. The Kier molecular flexibility index (Phi) is 4.53. The average molecular weight is 379 g/mol. The van der Waals surface area contributed by atoms with Crippen molar-refractivity contribution >= 4 is 22.2 Å². The van der Waals surface area contributed by atoms with Crippen LogP contribution in [-0.2, 0) is 13.5 Å². The molecule has 0 aliphatic carbocycles. The fourth-order valence-corrected chi connectivity index (χ4v) is 3.87. The molecule has 138 valence electrons. The summed E-state index contributed by atoms with van der Waals surface area (Å²) >= 11 is 1.47. The third-order valence-corrected chi connectivity index (χ3v) is 5.51. The average Bonchev–Trinajstić information content (AvgIpc) is 3.36. The van der Waals surface area contributed by atoms with Crippen molar-refractivity contribution in [3.8, 4) is 11.3 Å². The van der Waals surface area contributed by atoms with E-state index in [1.54, 1.807) is 10.9 Å². The second-order valence-corrected chi connectivity index (χ2v) is 7.43. The summed E-state index contributed by atoms with van der Waals surface area (Å²) in [5.41, 5.74) is 4.79. The molecule has 0 aliphatic rings. The van der Waals surface area contributed by atoms with Gasteiger partial charge >= 0.3 is 0 Å². The Bertz CT molecular complexity index is 1090. The number of carbonyl (C=O) groups excluding carboxylic acids is 1. The minimum atomic E-state index is -0.122. The lowest BCUT2D eigenvalue weighted by atomic mass is 10.1. The summed E-state index contributed by atoms with van der Waals surface area (Å²) in [6.45, 7) is 4.09. The molecule has 0 spiro atoms. The van der Waals surface area contributed by atoms with Gasteiger partial charge in [0.2, 0.25) is 0 Å². The van der Waals surface area contributed by atoms with Crippen LogP contribution >= 0.6 is 11.3 Å². The third-order valence-electron chi connectivity index (χ3n) is 4.67. The molecule has 3 aromatic heterocycles. The first-order valence-corrected chi connectivity index (χ1v) is 9.78. The Labute approximate surface area is 161 Å². The maximum atomic E-state index is 12.8. The van der Waals surface area contributed by atoms with E-state index in [-0.39, 0.29) is 11.9 Å². The van der Waals surface area contributed by atoms with Crippen LogP contribution in [0.1, 0.15) is 41.5 Å². The number of nitrogens with one attached hydrogen (secondary N) is 1. The molecule has 1 amide bonds. The van der Waals surface area contributed by atoms with E-state index in [2.05, 4.69) is 46.6 Å². The van der Waals surface area contributed by atoms with Gasteiger partial charge in [0.1, 0.15) is 5.69 Å². The molecule has 1 N–H and O–H groups in total. The van der Waals surface area contributed by atoms with Gasteiger partial charge in [-0.3, -0.25) is 13.9 Å². The van der Waals surface area contributed by atoms with Gasteiger partial charge in [-0.2, -0.15) is 5.10 Å². The van der Waals surface area contributed by atoms with Crippen molar-refractivity contribution < 1.29 is 4.79 Å². The van der Waals surface area contributed by atoms with Gasteiger partial charge in [-0.1, -0.05) is 31.2 Å². The van der Waals surface area contributed by atoms with E-state index < -0.39 is 0 Å². The lowest BCUT2D eigenvalue weighted by molar-refractivity contribution is 0.0934. The standard InChI is InChI=1S/C20H21N5OS/c1-4-14-5-7-15(8-6-14)17-11-25-18(12-27-20(25)23-17)19(26)22-13(2)16-9-21-24(3)10-16/h5-13H,4H2,1-3H3,(H,22,26)/t13-/m1/s1. The van der Waals surface area contributed by atoms with Gasteiger partial charge in [0.05, 0.1) is 17.9 Å².